The number of hydrogen-bond acceptors (Lipinski definition) is 3. The largest absolute Gasteiger partial charge is 0.449 e. The highest BCUT2D eigenvalue weighted by Gasteiger charge is 2.21. The first-order chi connectivity index (χ1) is 14.1. The van der Waals surface area contributed by atoms with Crippen LogP contribution in [0.4, 0.5) is 5.69 Å². The summed E-state index contributed by atoms with van der Waals surface area (Å²) in [5, 5.41) is 6.25. The predicted molar refractivity (Wildman–Crippen MR) is 113 cm³/mol. The van der Waals surface area contributed by atoms with Gasteiger partial charge in [0.05, 0.1) is 5.69 Å². The molecule has 144 valence electrons. The Morgan fingerprint density at radius 3 is 2.52 bits per heavy atom. The lowest BCUT2D eigenvalue weighted by atomic mass is 10.1. The van der Waals surface area contributed by atoms with Crippen molar-refractivity contribution in [3.05, 3.63) is 100 Å². The molecule has 3 aromatic carbocycles. The van der Waals surface area contributed by atoms with Crippen molar-refractivity contribution in [3.63, 3.8) is 0 Å². The van der Waals surface area contributed by atoms with Crippen molar-refractivity contribution in [3.8, 4) is 5.75 Å². The van der Waals surface area contributed by atoms with Gasteiger partial charge in [-0.3, -0.25) is 9.59 Å². The van der Waals surface area contributed by atoms with Gasteiger partial charge in [0.15, 0.2) is 11.5 Å². The van der Waals surface area contributed by atoms with Crippen molar-refractivity contribution in [2.45, 2.75) is 6.54 Å². The molecule has 2 N–H and O–H groups in total. The summed E-state index contributed by atoms with van der Waals surface area (Å²) in [7, 11) is 0. The summed E-state index contributed by atoms with van der Waals surface area (Å²) in [6, 6.07) is 21.5. The Morgan fingerprint density at radius 1 is 1.00 bits per heavy atom. The molecule has 0 fully saturated rings. The lowest BCUT2D eigenvalue weighted by Crippen LogP contribution is -2.23. The highest BCUT2D eigenvalue weighted by molar-refractivity contribution is 6.31. The number of halogens is 1. The van der Waals surface area contributed by atoms with Gasteiger partial charge in [0.2, 0.25) is 0 Å². The Labute approximate surface area is 173 Å². The van der Waals surface area contributed by atoms with Crippen LogP contribution in [0.1, 0.15) is 21.5 Å². The van der Waals surface area contributed by atoms with Crippen LogP contribution in [-0.2, 0) is 11.3 Å². The molecule has 3 aromatic rings. The van der Waals surface area contributed by atoms with Crippen LogP contribution in [0.3, 0.4) is 0 Å². The maximum atomic E-state index is 12.4. The van der Waals surface area contributed by atoms with Crippen LogP contribution in [0, 0.1) is 0 Å². The van der Waals surface area contributed by atoms with Gasteiger partial charge in [-0.1, -0.05) is 54.1 Å². The van der Waals surface area contributed by atoms with Crippen LogP contribution < -0.4 is 15.4 Å². The van der Waals surface area contributed by atoms with Gasteiger partial charge in [-0.2, -0.15) is 0 Å². The molecule has 1 aliphatic heterocycles. The zero-order valence-corrected chi connectivity index (χ0v) is 16.1. The lowest BCUT2D eigenvalue weighted by Gasteiger charge is -2.19. The molecule has 5 nitrogen and oxygen atoms in total. The van der Waals surface area contributed by atoms with Crippen LogP contribution in [0.2, 0.25) is 5.02 Å². The monoisotopic (exact) mass is 404 g/mol. The van der Waals surface area contributed by atoms with Gasteiger partial charge in [-0.05, 0) is 47.5 Å². The number of ether oxygens (including phenoxy) is 1. The normalized spacial score (nSPS) is 14.0. The van der Waals surface area contributed by atoms with Gasteiger partial charge >= 0.3 is 0 Å². The molecular formula is C23H17ClN2O3. The van der Waals surface area contributed by atoms with E-state index in [2.05, 4.69) is 10.6 Å². The number of benzene rings is 3. The van der Waals surface area contributed by atoms with Crippen LogP contribution in [0.25, 0.3) is 6.08 Å². The number of anilines is 1. The molecule has 0 saturated carbocycles. The molecule has 1 aliphatic rings. The fourth-order valence-electron chi connectivity index (χ4n) is 2.90. The van der Waals surface area contributed by atoms with E-state index < -0.39 is 0 Å². The highest BCUT2D eigenvalue weighted by Crippen LogP contribution is 2.30. The SMILES string of the molecule is O=C1Nc2ccccc2OC1=Cc1ccc(C(=O)NCc2ccccc2Cl)cc1. The van der Waals surface area contributed by atoms with E-state index in [4.69, 9.17) is 16.3 Å². The van der Waals surface area contributed by atoms with E-state index in [1.165, 1.54) is 0 Å². The van der Waals surface area contributed by atoms with Crippen molar-refractivity contribution in [2.75, 3.05) is 5.32 Å². The van der Waals surface area contributed by atoms with Crippen molar-refractivity contribution in [1.82, 2.24) is 5.32 Å². The summed E-state index contributed by atoms with van der Waals surface area (Å²) in [5.41, 5.74) is 2.75. The average molecular weight is 405 g/mol. The third-order valence-electron chi connectivity index (χ3n) is 4.45. The molecule has 2 amide bonds. The minimum absolute atomic E-state index is 0.194. The van der Waals surface area contributed by atoms with Gasteiger partial charge in [-0.15, -0.1) is 0 Å². The van der Waals surface area contributed by atoms with Crippen molar-refractivity contribution in [1.29, 1.82) is 0 Å². The molecule has 29 heavy (non-hydrogen) atoms. The highest BCUT2D eigenvalue weighted by atomic mass is 35.5. The zero-order valence-electron chi connectivity index (χ0n) is 15.3. The first-order valence-electron chi connectivity index (χ1n) is 9.02. The van der Waals surface area contributed by atoms with Gasteiger partial charge in [0, 0.05) is 17.1 Å². The lowest BCUT2D eigenvalue weighted by molar-refractivity contribution is -0.115. The molecule has 0 aliphatic carbocycles. The number of para-hydroxylation sites is 2. The van der Waals surface area contributed by atoms with E-state index in [0.717, 1.165) is 11.1 Å². The summed E-state index contributed by atoms with van der Waals surface area (Å²) in [6.07, 6.45) is 1.64. The van der Waals surface area contributed by atoms with Crippen molar-refractivity contribution >= 4 is 35.2 Å². The van der Waals surface area contributed by atoms with Crippen LogP contribution in [0.15, 0.2) is 78.6 Å². The minimum atomic E-state index is -0.315. The van der Waals surface area contributed by atoms with E-state index in [1.54, 1.807) is 48.5 Å². The van der Waals surface area contributed by atoms with Gasteiger partial charge in [0.25, 0.3) is 11.8 Å². The van der Waals surface area contributed by atoms with E-state index in [0.29, 0.717) is 28.6 Å². The molecule has 1 heterocycles. The molecule has 0 atom stereocenters. The summed E-state index contributed by atoms with van der Waals surface area (Å²) < 4.78 is 5.68. The van der Waals surface area contributed by atoms with E-state index in [9.17, 15) is 9.59 Å². The van der Waals surface area contributed by atoms with Crippen LogP contribution in [-0.4, -0.2) is 11.8 Å². The number of fused-ring (bicyclic) bond motifs is 1. The predicted octanol–water partition coefficient (Wildman–Crippen LogP) is 4.64. The number of amides is 2. The second kappa shape index (κ2) is 8.20. The van der Waals surface area contributed by atoms with Gasteiger partial charge in [-0.25, -0.2) is 0 Å². The summed E-state index contributed by atoms with van der Waals surface area (Å²) in [6.45, 7) is 0.345. The van der Waals surface area contributed by atoms with Crippen LogP contribution >= 0.6 is 11.6 Å². The first kappa shape index (κ1) is 18.8. The Balaban J connectivity index is 1.44. The Bertz CT molecular complexity index is 1110. The number of carbonyl (C=O) groups excluding carboxylic acids is 2. The van der Waals surface area contributed by atoms with E-state index in [1.807, 2.05) is 30.3 Å². The first-order valence-corrected chi connectivity index (χ1v) is 9.39. The average Bonchev–Trinajstić information content (AvgIpc) is 2.74. The molecule has 4 rings (SSSR count). The molecule has 0 spiro atoms. The topological polar surface area (TPSA) is 67.4 Å². The number of rotatable bonds is 4. The zero-order chi connectivity index (χ0) is 20.2. The molecule has 0 saturated heterocycles. The number of nitrogens with one attached hydrogen (secondary N) is 2. The smallest absolute Gasteiger partial charge is 0.291 e. The number of hydrogen-bond donors (Lipinski definition) is 2. The standard InChI is InChI=1S/C23H17ClN2O3/c24-18-6-2-1-5-17(18)14-25-22(27)16-11-9-15(10-12-16)13-21-23(28)26-19-7-3-4-8-20(19)29-21/h1-13H,14H2,(H,25,27)(H,26,28). The molecule has 0 unspecified atom stereocenters. The van der Waals surface area contributed by atoms with E-state index in [-0.39, 0.29) is 17.6 Å². The number of carbonyl (C=O) groups is 2. The maximum absolute atomic E-state index is 12.4. The molecule has 0 radical (unpaired) electrons. The molecular weight excluding hydrogens is 388 g/mol. The summed E-state index contributed by atoms with van der Waals surface area (Å²) in [5.74, 6) is 0.267. The quantitative estimate of drug-likeness (QED) is 0.622. The van der Waals surface area contributed by atoms with Gasteiger partial charge in [0.1, 0.15) is 0 Å². The summed E-state index contributed by atoms with van der Waals surface area (Å²) in [4.78, 5) is 24.6. The minimum Gasteiger partial charge on any atom is -0.449 e. The van der Waals surface area contributed by atoms with Crippen molar-refractivity contribution < 1.29 is 14.3 Å². The Kier molecular flexibility index (Phi) is 5.31. The Hall–Kier alpha value is -3.57. The Morgan fingerprint density at radius 2 is 1.72 bits per heavy atom. The third-order valence-corrected chi connectivity index (χ3v) is 4.82. The van der Waals surface area contributed by atoms with E-state index >= 15 is 0 Å². The third kappa shape index (κ3) is 4.31. The van der Waals surface area contributed by atoms with Crippen LogP contribution in [0.5, 0.6) is 5.75 Å². The van der Waals surface area contributed by atoms with Gasteiger partial charge < -0.3 is 15.4 Å². The molecule has 6 heteroatoms. The maximum Gasteiger partial charge on any atom is 0.291 e. The second-order valence-corrected chi connectivity index (χ2v) is 6.86. The molecule has 0 bridgehead atoms. The fraction of sp³-hybridized carbons (Fsp3) is 0.0435. The fourth-order valence-corrected chi connectivity index (χ4v) is 3.11. The second-order valence-electron chi connectivity index (χ2n) is 6.46. The van der Waals surface area contributed by atoms with Crippen molar-refractivity contribution in [2.24, 2.45) is 0 Å². The summed E-state index contributed by atoms with van der Waals surface area (Å²) >= 11 is 6.11. The molecule has 0 aromatic heterocycles.